The topological polar surface area (TPSA) is 68.5 Å². The molecule has 1 aromatic heterocycles. The van der Waals surface area contributed by atoms with E-state index in [0.717, 1.165) is 16.6 Å². The van der Waals surface area contributed by atoms with Crippen molar-refractivity contribution in [3.63, 3.8) is 0 Å². The number of carbonyl (C=O) groups excluding carboxylic acids is 1. The lowest BCUT2D eigenvalue weighted by Gasteiger charge is -2.32. The molecule has 0 saturated carbocycles. The number of rotatable bonds is 5. The summed E-state index contributed by atoms with van der Waals surface area (Å²) >= 11 is 0. The Balaban J connectivity index is 2.14. The summed E-state index contributed by atoms with van der Waals surface area (Å²) in [4.78, 5) is 24.1. The molecule has 3 rings (SSSR count). The van der Waals surface area contributed by atoms with Gasteiger partial charge in [0.25, 0.3) is 0 Å². The Kier molecular flexibility index (Phi) is 3.88. The van der Waals surface area contributed by atoms with Crippen molar-refractivity contribution in [3.05, 3.63) is 36.0 Å². The summed E-state index contributed by atoms with van der Waals surface area (Å²) in [6.07, 6.45) is 0.878. The van der Waals surface area contributed by atoms with Crippen LogP contribution in [-0.4, -0.2) is 28.2 Å². The van der Waals surface area contributed by atoms with Crippen LogP contribution in [-0.2, 0) is 20.7 Å². The maximum atomic E-state index is 12.7. The van der Waals surface area contributed by atoms with Crippen LogP contribution >= 0.6 is 0 Å². The number of para-hydroxylation sites is 1. The van der Waals surface area contributed by atoms with Crippen LogP contribution in [0.4, 0.5) is 0 Å². The molecule has 0 fully saturated rings. The van der Waals surface area contributed by atoms with Crippen molar-refractivity contribution in [1.29, 1.82) is 0 Å². The molecule has 1 aliphatic heterocycles. The molecule has 1 N–H and O–H groups in total. The highest BCUT2D eigenvalue weighted by molar-refractivity contribution is 5.87. The molecule has 0 aliphatic carbocycles. The number of esters is 1. The standard InChI is InChI=1S/C18H21NO4/c1-3-15-18(11-16(20)21,17(22)23-4-2)10-13-9-12-7-5-6-8-14(12)19(13)15/h5-9,15H,3-4,10-11H2,1-2H3,(H,20,21). The van der Waals surface area contributed by atoms with Crippen molar-refractivity contribution in [1.82, 2.24) is 4.57 Å². The van der Waals surface area contributed by atoms with E-state index in [-0.39, 0.29) is 19.1 Å². The van der Waals surface area contributed by atoms with Gasteiger partial charge < -0.3 is 14.4 Å². The van der Waals surface area contributed by atoms with Gasteiger partial charge in [-0.25, -0.2) is 0 Å². The SMILES string of the molecule is CCOC(=O)C1(CC(=O)O)Cc2cc3ccccc3n2C1CC. The molecule has 2 atom stereocenters. The lowest BCUT2D eigenvalue weighted by Crippen LogP contribution is -2.40. The van der Waals surface area contributed by atoms with Crippen LogP contribution in [0.1, 0.15) is 38.4 Å². The number of hydrogen-bond donors (Lipinski definition) is 1. The first-order chi connectivity index (χ1) is 11.0. The summed E-state index contributed by atoms with van der Waals surface area (Å²) in [7, 11) is 0. The molecule has 23 heavy (non-hydrogen) atoms. The molecule has 5 nitrogen and oxygen atoms in total. The van der Waals surface area contributed by atoms with Gasteiger partial charge in [0.2, 0.25) is 0 Å². The van der Waals surface area contributed by atoms with Gasteiger partial charge in [0.1, 0.15) is 5.41 Å². The lowest BCUT2D eigenvalue weighted by molar-refractivity contribution is -0.162. The lowest BCUT2D eigenvalue weighted by atomic mass is 9.75. The molecular formula is C18H21NO4. The van der Waals surface area contributed by atoms with Crippen LogP contribution in [0.5, 0.6) is 0 Å². The third kappa shape index (κ3) is 2.31. The number of benzene rings is 1. The number of hydrogen-bond acceptors (Lipinski definition) is 3. The minimum atomic E-state index is -1.02. The molecule has 0 radical (unpaired) electrons. The van der Waals surface area contributed by atoms with Gasteiger partial charge in [-0.1, -0.05) is 25.1 Å². The Morgan fingerprint density at radius 3 is 2.74 bits per heavy atom. The minimum absolute atomic E-state index is 0.201. The fraction of sp³-hybridized carbons (Fsp3) is 0.444. The van der Waals surface area contributed by atoms with Gasteiger partial charge in [-0.2, -0.15) is 0 Å². The highest BCUT2D eigenvalue weighted by atomic mass is 16.5. The van der Waals surface area contributed by atoms with Crippen LogP contribution in [0.25, 0.3) is 10.9 Å². The number of aliphatic carboxylic acids is 1. The molecule has 122 valence electrons. The molecule has 0 saturated heterocycles. The van der Waals surface area contributed by atoms with E-state index in [2.05, 4.69) is 10.6 Å². The van der Waals surface area contributed by atoms with Gasteiger partial charge >= 0.3 is 11.9 Å². The van der Waals surface area contributed by atoms with Gasteiger partial charge in [0.05, 0.1) is 19.1 Å². The molecule has 0 amide bonds. The number of carboxylic acid groups (broad SMARTS) is 1. The quantitative estimate of drug-likeness (QED) is 0.861. The first-order valence-corrected chi connectivity index (χ1v) is 8.01. The number of fused-ring (bicyclic) bond motifs is 3. The molecule has 2 heterocycles. The Hall–Kier alpha value is -2.30. The number of carbonyl (C=O) groups is 2. The van der Waals surface area contributed by atoms with Crippen LogP contribution < -0.4 is 0 Å². The second-order valence-electron chi connectivity index (χ2n) is 6.11. The van der Waals surface area contributed by atoms with Crippen molar-refractivity contribution >= 4 is 22.8 Å². The van der Waals surface area contributed by atoms with E-state index >= 15 is 0 Å². The summed E-state index contributed by atoms with van der Waals surface area (Å²) in [5, 5.41) is 10.5. The summed E-state index contributed by atoms with van der Waals surface area (Å²) < 4.78 is 7.39. The van der Waals surface area contributed by atoms with Gasteiger partial charge in [-0.05, 0) is 30.9 Å². The van der Waals surface area contributed by atoms with Crippen molar-refractivity contribution in [2.45, 2.75) is 39.2 Å². The maximum absolute atomic E-state index is 12.7. The highest BCUT2D eigenvalue weighted by Gasteiger charge is 2.54. The zero-order chi connectivity index (χ0) is 16.6. The number of carboxylic acids is 1. The number of aromatic nitrogens is 1. The Morgan fingerprint density at radius 2 is 2.09 bits per heavy atom. The van der Waals surface area contributed by atoms with Crippen LogP contribution in [0.2, 0.25) is 0 Å². The smallest absolute Gasteiger partial charge is 0.315 e. The summed E-state index contributed by atoms with van der Waals surface area (Å²) in [5.41, 5.74) is 1.04. The predicted octanol–water partition coefficient (Wildman–Crippen LogP) is 3.17. The average Bonchev–Trinajstić information content (AvgIpc) is 2.99. The second kappa shape index (κ2) is 5.72. The number of nitrogens with zero attached hydrogens (tertiary/aromatic N) is 1. The Labute approximate surface area is 134 Å². The monoisotopic (exact) mass is 315 g/mol. The zero-order valence-corrected chi connectivity index (χ0v) is 13.4. The van der Waals surface area contributed by atoms with E-state index in [1.807, 2.05) is 31.2 Å². The normalized spacial score (nSPS) is 23.0. The first kappa shape index (κ1) is 15.6. The molecule has 2 unspecified atom stereocenters. The predicted molar refractivity (Wildman–Crippen MR) is 86.3 cm³/mol. The molecule has 1 aromatic carbocycles. The molecular weight excluding hydrogens is 294 g/mol. The van der Waals surface area contributed by atoms with Gasteiger partial charge in [-0.3, -0.25) is 9.59 Å². The summed E-state index contributed by atoms with van der Waals surface area (Å²) in [6, 6.07) is 9.85. The van der Waals surface area contributed by atoms with Gasteiger partial charge in [0.15, 0.2) is 0 Å². The van der Waals surface area contributed by atoms with E-state index in [1.54, 1.807) is 6.92 Å². The average molecular weight is 315 g/mol. The van der Waals surface area contributed by atoms with E-state index in [9.17, 15) is 14.7 Å². The van der Waals surface area contributed by atoms with Crippen LogP contribution in [0.3, 0.4) is 0 Å². The molecule has 0 spiro atoms. The van der Waals surface area contributed by atoms with Crippen molar-refractivity contribution in [3.8, 4) is 0 Å². The Bertz CT molecular complexity index is 763. The molecule has 5 heteroatoms. The summed E-state index contributed by atoms with van der Waals surface area (Å²) in [5.74, 6) is -1.37. The van der Waals surface area contributed by atoms with Crippen LogP contribution in [0.15, 0.2) is 30.3 Å². The second-order valence-corrected chi connectivity index (χ2v) is 6.11. The Morgan fingerprint density at radius 1 is 1.35 bits per heavy atom. The van der Waals surface area contributed by atoms with Gasteiger partial charge in [0, 0.05) is 17.6 Å². The van der Waals surface area contributed by atoms with E-state index < -0.39 is 17.4 Å². The minimum Gasteiger partial charge on any atom is -0.481 e. The van der Waals surface area contributed by atoms with Crippen LogP contribution in [0, 0.1) is 5.41 Å². The fourth-order valence-electron chi connectivity index (χ4n) is 4.00. The first-order valence-electron chi connectivity index (χ1n) is 8.01. The van der Waals surface area contributed by atoms with E-state index in [4.69, 9.17) is 4.74 Å². The molecule has 2 aromatic rings. The largest absolute Gasteiger partial charge is 0.481 e. The van der Waals surface area contributed by atoms with Crippen molar-refractivity contribution in [2.75, 3.05) is 6.61 Å². The third-order valence-corrected chi connectivity index (χ3v) is 4.81. The third-order valence-electron chi connectivity index (χ3n) is 4.81. The maximum Gasteiger partial charge on any atom is 0.315 e. The van der Waals surface area contributed by atoms with E-state index in [1.165, 1.54) is 0 Å². The van der Waals surface area contributed by atoms with Crippen molar-refractivity contribution in [2.24, 2.45) is 5.41 Å². The molecule has 0 bridgehead atoms. The zero-order valence-electron chi connectivity index (χ0n) is 13.4. The van der Waals surface area contributed by atoms with Gasteiger partial charge in [-0.15, -0.1) is 0 Å². The fourth-order valence-corrected chi connectivity index (χ4v) is 4.00. The highest BCUT2D eigenvalue weighted by Crippen LogP contribution is 2.50. The van der Waals surface area contributed by atoms with E-state index in [0.29, 0.717) is 12.8 Å². The number of ether oxygens (including phenoxy) is 1. The molecule has 1 aliphatic rings. The summed E-state index contributed by atoms with van der Waals surface area (Å²) in [6.45, 7) is 3.99. The van der Waals surface area contributed by atoms with Crippen molar-refractivity contribution < 1.29 is 19.4 Å².